The lowest BCUT2D eigenvalue weighted by molar-refractivity contribution is 0.0600. The smallest absolute Gasteiger partial charge is 0.337 e. The zero-order valence-electron chi connectivity index (χ0n) is 12.9. The quantitative estimate of drug-likeness (QED) is 0.814. The Labute approximate surface area is 129 Å². The monoisotopic (exact) mass is 298 g/mol. The molecule has 22 heavy (non-hydrogen) atoms. The Morgan fingerprint density at radius 3 is 2.50 bits per heavy atom. The maximum absolute atomic E-state index is 12.4. The van der Waals surface area contributed by atoms with Gasteiger partial charge in [0.15, 0.2) is 0 Å². The first-order chi connectivity index (χ1) is 10.5. The molecule has 0 radical (unpaired) electrons. The highest BCUT2D eigenvalue weighted by molar-refractivity contribution is 5.97. The van der Waals surface area contributed by atoms with Crippen LogP contribution < -0.4 is 0 Å². The normalized spacial score (nSPS) is 10.1. The van der Waals surface area contributed by atoms with Crippen LogP contribution in [-0.2, 0) is 11.3 Å². The molecule has 114 valence electrons. The third-order valence-corrected chi connectivity index (χ3v) is 3.22. The van der Waals surface area contributed by atoms with Gasteiger partial charge >= 0.3 is 5.97 Å². The van der Waals surface area contributed by atoms with Crippen molar-refractivity contribution in [3.05, 3.63) is 65.0 Å². The third kappa shape index (κ3) is 3.69. The predicted octanol–water partition coefficient (Wildman–Crippen LogP) is 2.45. The summed E-state index contributed by atoms with van der Waals surface area (Å²) in [5, 5.41) is 0. The Hall–Kier alpha value is -2.69. The van der Waals surface area contributed by atoms with Gasteiger partial charge in [0.1, 0.15) is 0 Å². The number of esters is 1. The Balaban J connectivity index is 2.15. The summed E-state index contributed by atoms with van der Waals surface area (Å²) in [6.45, 7) is 2.31. The van der Waals surface area contributed by atoms with Crippen LogP contribution >= 0.6 is 0 Å². The van der Waals surface area contributed by atoms with Crippen LogP contribution in [0.25, 0.3) is 0 Å². The van der Waals surface area contributed by atoms with E-state index >= 15 is 0 Å². The molecule has 1 aromatic heterocycles. The van der Waals surface area contributed by atoms with E-state index < -0.39 is 5.97 Å². The van der Waals surface area contributed by atoms with Crippen LogP contribution in [-0.4, -0.2) is 35.9 Å². The van der Waals surface area contributed by atoms with E-state index in [1.54, 1.807) is 30.1 Å². The Morgan fingerprint density at radius 1 is 1.14 bits per heavy atom. The van der Waals surface area contributed by atoms with E-state index in [-0.39, 0.29) is 5.91 Å². The van der Waals surface area contributed by atoms with Crippen LogP contribution in [0.2, 0.25) is 0 Å². The minimum absolute atomic E-state index is 0.172. The molecule has 5 heteroatoms. The number of benzene rings is 1. The fourth-order valence-electron chi connectivity index (χ4n) is 2.12. The van der Waals surface area contributed by atoms with E-state index in [4.69, 9.17) is 0 Å². The van der Waals surface area contributed by atoms with Crippen molar-refractivity contribution in [2.24, 2.45) is 0 Å². The van der Waals surface area contributed by atoms with Crippen molar-refractivity contribution in [2.45, 2.75) is 13.5 Å². The molecule has 0 aliphatic heterocycles. The minimum Gasteiger partial charge on any atom is -0.465 e. The molecule has 5 nitrogen and oxygen atoms in total. The van der Waals surface area contributed by atoms with Crippen molar-refractivity contribution in [3.8, 4) is 0 Å². The molecular weight excluding hydrogens is 280 g/mol. The highest BCUT2D eigenvalue weighted by Crippen LogP contribution is 2.11. The molecule has 1 amide bonds. The summed E-state index contributed by atoms with van der Waals surface area (Å²) in [6, 6.07) is 12.2. The number of aryl methyl sites for hydroxylation is 1. The Kier molecular flexibility index (Phi) is 4.88. The summed E-state index contributed by atoms with van der Waals surface area (Å²) in [5.41, 5.74) is 2.53. The first kappa shape index (κ1) is 15.7. The number of hydrogen-bond donors (Lipinski definition) is 0. The first-order valence-electron chi connectivity index (χ1n) is 6.87. The maximum Gasteiger partial charge on any atom is 0.337 e. The van der Waals surface area contributed by atoms with Crippen molar-refractivity contribution < 1.29 is 14.3 Å². The van der Waals surface area contributed by atoms with Gasteiger partial charge < -0.3 is 9.64 Å². The van der Waals surface area contributed by atoms with Crippen molar-refractivity contribution in [2.75, 3.05) is 14.2 Å². The van der Waals surface area contributed by atoms with E-state index in [1.165, 1.54) is 13.2 Å². The molecule has 2 aromatic rings. The van der Waals surface area contributed by atoms with Gasteiger partial charge in [-0.15, -0.1) is 0 Å². The highest BCUT2D eigenvalue weighted by Gasteiger charge is 2.15. The van der Waals surface area contributed by atoms with Gasteiger partial charge in [0.25, 0.3) is 5.91 Å². The van der Waals surface area contributed by atoms with E-state index in [1.807, 2.05) is 25.1 Å². The van der Waals surface area contributed by atoms with Gasteiger partial charge in [-0.25, -0.2) is 4.79 Å². The number of amides is 1. The standard InChI is InChI=1S/C17H18N2O3/c1-12-6-4-9-15(18-12)11-19(2)16(20)13-7-5-8-14(10-13)17(21)22-3/h4-10H,11H2,1-3H3. The average Bonchev–Trinajstić information content (AvgIpc) is 2.53. The summed E-state index contributed by atoms with van der Waals surface area (Å²) >= 11 is 0. The minimum atomic E-state index is -0.461. The number of hydrogen-bond acceptors (Lipinski definition) is 4. The molecular formula is C17H18N2O3. The maximum atomic E-state index is 12.4. The number of rotatable bonds is 4. The molecule has 0 unspecified atom stereocenters. The topological polar surface area (TPSA) is 59.5 Å². The van der Waals surface area contributed by atoms with Gasteiger partial charge in [0.2, 0.25) is 0 Å². The van der Waals surface area contributed by atoms with Gasteiger partial charge in [-0.3, -0.25) is 9.78 Å². The summed E-state index contributed by atoms with van der Waals surface area (Å²) in [5.74, 6) is -0.633. The van der Waals surface area contributed by atoms with Crippen molar-refractivity contribution in [3.63, 3.8) is 0 Å². The molecule has 0 aliphatic rings. The number of carbonyl (C=O) groups excluding carboxylic acids is 2. The van der Waals surface area contributed by atoms with E-state index in [9.17, 15) is 9.59 Å². The van der Waals surface area contributed by atoms with E-state index in [2.05, 4.69) is 9.72 Å². The summed E-state index contributed by atoms with van der Waals surface area (Å²) in [4.78, 5) is 29.9. The van der Waals surface area contributed by atoms with Crippen LogP contribution in [0.4, 0.5) is 0 Å². The predicted molar refractivity (Wildman–Crippen MR) is 82.6 cm³/mol. The number of ether oxygens (including phenoxy) is 1. The van der Waals surface area contributed by atoms with Crippen molar-refractivity contribution in [1.82, 2.24) is 9.88 Å². The van der Waals surface area contributed by atoms with Gasteiger partial charge in [-0.05, 0) is 37.3 Å². The van der Waals surface area contributed by atoms with Gasteiger partial charge in [-0.1, -0.05) is 12.1 Å². The van der Waals surface area contributed by atoms with Crippen molar-refractivity contribution in [1.29, 1.82) is 0 Å². The second-order valence-electron chi connectivity index (χ2n) is 5.00. The van der Waals surface area contributed by atoms with Gasteiger partial charge in [0.05, 0.1) is 24.9 Å². The molecule has 0 aliphatic carbocycles. The number of carbonyl (C=O) groups is 2. The number of pyridine rings is 1. The van der Waals surface area contributed by atoms with Crippen LogP contribution in [0.1, 0.15) is 32.1 Å². The number of nitrogens with zero attached hydrogens (tertiary/aromatic N) is 2. The lowest BCUT2D eigenvalue weighted by atomic mass is 10.1. The number of methoxy groups -OCH3 is 1. The molecule has 0 N–H and O–H groups in total. The Bertz CT molecular complexity index is 698. The molecule has 0 saturated heterocycles. The van der Waals surface area contributed by atoms with Crippen LogP contribution in [0.5, 0.6) is 0 Å². The molecule has 1 aromatic carbocycles. The summed E-state index contributed by atoms with van der Waals surface area (Å²) in [6.07, 6.45) is 0. The largest absolute Gasteiger partial charge is 0.465 e. The molecule has 0 spiro atoms. The average molecular weight is 298 g/mol. The number of aromatic nitrogens is 1. The lowest BCUT2D eigenvalue weighted by Crippen LogP contribution is -2.26. The molecule has 0 atom stereocenters. The Morgan fingerprint density at radius 2 is 1.82 bits per heavy atom. The lowest BCUT2D eigenvalue weighted by Gasteiger charge is -2.17. The van der Waals surface area contributed by atoms with E-state index in [0.29, 0.717) is 17.7 Å². The SMILES string of the molecule is COC(=O)c1cccc(C(=O)N(C)Cc2cccc(C)n2)c1. The van der Waals surface area contributed by atoms with Gasteiger partial charge in [0, 0.05) is 18.3 Å². The second kappa shape index (κ2) is 6.85. The zero-order chi connectivity index (χ0) is 16.1. The molecule has 1 heterocycles. The van der Waals surface area contributed by atoms with Crippen LogP contribution in [0.15, 0.2) is 42.5 Å². The summed E-state index contributed by atoms with van der Waals surface area (Å²) in [7, 11) is 3.02. The van der Waals surface area contributed by atoms with Crippen LogP contribution in [0, 0.1) is 6.92 Å². The fraction of sp³-hybridized carbons (Fsp3) is 0.235. The van der Waals surface area contributed by atoms with Crippen LogP contribution in [0.3, 0.4) is 0 Å². The molecule has 2 rings (SSSR count). The van der Waals surface area contributed by atoms with E-state index in [0.717, 1.165) is 11.4 Å². The zero-order valence-corrected chi connectivity index (χ0v) is 12.9. The molecule has 0 bridgehead atoms. The highest BCUT2D eigenvalue weighted by atomic mass is 16.5. The first-order valence-corrected chi connectivity index (χ1v) is 6.87. The van der Waals surface area contributed by atoms with Gasteiger partial charge in [-0.2, -0.15) is 0 Å². The third-order valence-electron chi connectivity index (χ3n) is 3.22. The second-order valence-corrected chi connectivity index (χ2v) is 5.00. The summed E-state index contributed by atoms with van der Waals surface area (Å²) < 4.78 is 4.67. The van der Waals surface area contributed by atoms with Crippen molar-refractivity contribution >= 4 is 11.9 Å². The fourth-order valence-corrected chi connectivity index (χ4v) is 2.12. The molecule has 0 saturated carbocycles. The molecule has 0 fully saturated rings.